The predicted octanol–water partition coefficient (Wildman–Crippen LogP) is 7.09. The van der Waals surface area contributed by atoms with Crippen molar-refractivity contribution < 1.29 is 4.74 Å². The number of ether oxygens (including phenoxy) is 1. The Morgan fingerprint density at radius 2 is 1.61 bits per heavy atom. The van der Waals surface area contributed by atoms with Crippen LogP contribution in [0, 0.1) is 0 Å². The maximum Gasteiger partial charge on any atom is 0.127 e. The van der Waals surface area contributed by atoms with Gasteiger partial charge in [0.25, 0.3) is 0 Å². The summed E-state index contributed by atoms with van der Waals surface area (Å²) in [7, 11) is 0. The van der Waals surface area contributed by atoms with Crippen LogP contribution in [0.4, 0.5) is 0 Å². The zero-order valence-corrected chi connectivity index (χ0v) is 20.9. The van der Waals surface area contributed by atoms with Crippen molar-refractivity contribution in [2.45, 2.75) is 32.0 Å². The molecule has 0 bridgehead atoms. The van der Waals surface area contributed by atoms with Crippen molar-refractivity contribution in [1.29, 1.82) is 0 Å². The number of hydrogen-bond donors (Lipinski definition) is 2. The fraction of sp³-hybridized carbons (Fsp3) is 0.192. The molecule has 1 unspecified atom stereocenters. The van der Waals surface area contributed by atoms with Crippen molar-refractivity contribution in [2.24, 2.45) is 5.73 Å². The van der Waals surface area contributed by atoms with E-state index in [1.54, 1.807) is 6.20 Å². The molecule has 7 heteroatoms. The Morgan fingerprint density at radius 1 is 0.939 bits per heavy atom. The summed E-state index contributed by atoms with van der Waals surface area (Å²) in [6, 6.07) is 25.4. The topological polar surface area (TPSA) is 60.2 Å². The van der Waals surface area contributed by atoms with Crippen LogP contribution < -0.4 is 15.8 Å². The van der Waals surface area contributed by atoms with E-state index < -0.39 is 0 Å². The molecule has 4 nitrogen and oxygen atoms in total. The smallest absolute Gasteiger partial charge is 0.127 e. The largest absolute Gasteiger partial charge is 0.457 e. The summed E-state index contributed by atoms with van der Waals surface area (Å²) in [4.78, 5) is 4.43. The van der Waals surface area contributed by atoms with E-state index >= 15 is 0 Å². The third-order valence-electron chi connectivity index (χ3n) is 5.50. The van der Waals surface area contributed by atoms with Crippen molar-refractivity contribution in [1.82, 2.24) is 10.3 Å². The van der Waals surface area contributed by atoms with Crippen LogP contribution >= 0.6 is 36.4 Å². The second-order valence-electron chi connectivity index (χ2n) is 8.17. The summed E-state index contributed by atoms with van der Waals surface area (Å²) in [6.07, 6.45) is 1.79. The average molecular weight is 505 g/mol. The lowest BCUT2D eigenvalue weighted by atomic mass is 9.87. The number of nitrogens with two attached hydrogens (primary N) is 1. The molecule has 3 aromatic carbocycles. The molecule has 0 aliphatic rings. The van der Waals surface area contributed by atoms with Gasteiger partial charge in [-0.05, 0) is 67.4 Å². The molecule has 1 aromatic heterocycles. The summed E-state index contributed by atoms with van der Waals surface area (Å²) in [5, 5.41) is 5.30. The van der Waals surface area contributed by atoms with E-state index in [0.717, 1.165) is 33.5 Å². The maximum atomic E-state index is 6.71. The quantitative estimate of drug-likeness (QED) is 0.282. The molecule has 0 amide bonds. The van der Waals surface area contributed by atoms with E-state index in [1.807, 2.05) is 66.7 Å². The van der Waals surface area contributed by atoms with Crippen molar-refractivity contribution in [3.05, 3.63) is 101 Å². The highest BCUT2D eigenvalue weighted by atomic mass is 35.5. The van der Waals surface area contributed by atoms with Crippen molar-refractivity contribution in [2.75, 3.05) is 0 Å². The molecular formula is C26H28Cl3N3O. The highest BCUT2D eigenvalue weighted by molar-refractivity contribution is 6.31. The Kier molecular flexibility index (Phi) is 9.53. The number of nitrogens with zero attached hydrogens (tertiary/aromatic N) is 1. The monoisotopic (exact) mass is 503 g/mol. The van der Waals surface area contributed by atoms with Crippen molar-refractivity contribution in [3.63, 3.8) is 0 Å². The summed E-state index contributed by atoms with van der Waals surface area (Å²) in [5.74, 6) is 1.64. The molecule has 4 rings (SSSR count). The highest BCUT2D eigenvalue weighted by Gasteiger charge is 2.28. The number of rotatable bonds is 7. The predicted molar refractivity (Wildman–Crippen MR) is 142 cm³/mol. The normalized spacial score (nSPS) is 11.9. The molecule has 3 N–H and O–H groups in total. The molecule has 33 heavy (non-hydrogen) atoms. The third-order valence-corrected chi connectivity index (χ3v) is 5.74. The first-order valence-electron chi connectivity index (χ1n) is 10.3. The number of benzene rings is 3. The molecule has 1 atom stereocenters. The van der Waals surface area contributed by atoms with Crippen LogP contribution in [0.2, 0.25) is 5.02 Å². The average Bonchev–Trinajstić information content (AvgIpc) is 2.78. The summed E-state index contributed by atoms with van der Waals surface area (Å²) in [6.45, 7) is 4.93. The van der Waals surface area contributed by atoms with Crippen LogP contribution in [0.5, 0.6) is 11.5 Å². The number of para-hydroxylation sites is 1. The Hall–Kier alpha value is -2.34. The Labute approximate surface area is 212 Å². The Morgan fingerprint density at radius 3 is 2.30 bits per heavy atom. The van der Waals surface area contributed by atoms with Gasteiger partial charge in [0.15, 0.2) is 0 Å². The van der Waals surface area contributed by atoms with Crippen LogP contribution in [0.3, 0.4) is 0 Å². The second-order valence-corrected chi connectivity index (χ2v) is 8.61. The van der Waals surface area contributed by atoms with Gasteiger partial charge in [-0.25, -0.2) is 0 Å². The van der Waals surface area contributed by atoms with Gasteiger partial charge in [-0.1, -0.05) is 48.0 Å². The van der Waals surface area contributed by atoms with E-state index in [4.69, 9.17) is 22.1 Å². The van der Waals surface area contributed by atoms with Gasteiger partial charge in [-0.2, -0.15) is 0 Å². The zero-order chi connectivity index (χ0) is 21.8. The Balaban J connectivity index is 0.00000193. The first-order valence-corrected chi connectivity index (χ1v) is 10.7. The number of nitrogens with one attached hydrogen (secondary N) is 1. The van der Waals surface area contributed by atoms with E-state index in [9.17, 15) is 0 Å². The van der Waals surface area contributed by atoms with E-state index in [-0.39, 0.29) is 36.4 Å². The lowest BCUT2D eigenvalue weighted by Crippen LogP contribution is -2.48. The highest BCUT2D eigenvalue weighted by Crippen LogP contribution is 2.30. The minimum absolute atomic E-state index is 0. The molecule has 0 aliphatic heterocycles. The Bertz CT molecular complexity index is 1170. The fourth-order valence-corrected chi connectivity index (χ4v) is 3.71. The van der Waals surface area contributed by atoms with Gasteiger partial charge in [0, 0.05) is 34.7 Å². The van der Waals surface area contributed by atoms with Gasteiger partial charge >= 0.3 is 0 Å². The minimum atomic E-state index is -0.340. The zero-order valence-electron chi connectivity index (χ0n) is 18.5. The molecule has 0 radical (unpaired) electrons. The van der Waals surface area contributed by atoms with Gasteiger partial charge in [-0.15, -0.1) is 24.8 Å². The van der Waals surface area contributed by atoms with Crippen molar-refractivity contribution >= 4 is 47.3 Å². The summed E-state index contributed by atoms with van der Waals surface area (Å²) < 4.78 is 5.87. The van der Waals surface area contributed by atoms with Crippen LogP contribution in [-0.2, 0) is 6.54 Å². The molecule has 174 valence electrons. The van der Waals surface area contributed by atoms with E-state index in [0.29, 0.717) is 11.6 Å². The molecule has 1 heterocycles. The van der Waals surface area contributed by atoms with E-state index in [1.165, 1.54) is 0 Å². The van der Waals surface area contributed by atoms with E-state index in [2.05, 4.69) is 36.3 Å². The molecule has 0 spiro atoms. The summed E-state index contributed by atoms with van der Waals surface area (Å²) >= 11 is 6.12. The number of pyridine rings is 1. The SMILES string of the molecule is CC(C)(NCc1ccc(Oc2ccccc2)cc1)C(N)c1ccnc2cc(Cl)ccc12.Cl.Cl. The number of aromatic nitrogens is 1. The van der Waals surface area contributed by atoms with Crippen LogP contribution in [-0.4, -0.2) is 10.5 Å². The van der Waals surface area contributed by atoms with Gasteiger partial charge in [0.2, 0.25) is 0 Å². The minimum Gasteiger partial charge on any atom is -0.457 e. The van der Waals surface area contributed by atoms with Gasteiger partial charge in [0.05, 0.1) is 5.52 Å². The number of fused-ring (bicyclic) bond motifs is 1. The van der Waals surface area contributed by atoms with Crippen molar-refractivity contribution in [3.8, 4) is 11.5 Å². The standard InChI is InChI=1S/C26H26ClN3O.2ClH/c1-26(2,25(28)23-14-15-29-24-16-19(27)10-13-22(23)24)30-17-18-8-11-21(12-9-18)31-20-6-4-3-5-7-20;;/h3-16,25,30H,17,28H2,1-2H3;2*1H. The first kappa shape index (κ1) is 26.9. The molecular weight excluding hydrogens is 477 g/mol. The van der Waals surface area contributed by atoms with Crippen LogP contribution in [0.1, 0.15) is 31.0 Å². The fourth-order valence-electron chi connectivity index (χ4n) is 3.54. The maximum absolute atomic E-state index is 6.71. The number of hydrogen-bond acceptors (Lipinski definition) is 4. The third kappa shape index (κ3) is 6.59. The molecule has 0 saturated heterocycles. The van der Waals surface area contributed by atoms with Gasteiger partial charge < -0.3 is 15.8 Å². The van der Waals surface area contributed by atoms with Gasteiger partial charge in [0.1, 0.15) is 11.5 Å². The molecule has 0 fully saturated rings. The van der Waals surface area contributed by atoms with Gasteiger partial charge in [-0.3, -0.25) is 4.98 Å². The molecule has 0 saturated carbocycles. The molecule has 4 aromatic rings. The second kappa shape index (κ2) is 11.7. The first-order chi connectivity index (χ1) is 14.9. The van der Waals surface area contributed by atoms with Crippen LogP contribution in [0.25, 0.3) is 10.9 Å². The summed E-state index contributed by atoms with van der Waals surface area (Å²) in [5.41, 5.74) is 9.43. The lowest BCUT2D eigenvalue weighted by molar-refractivity contribution is 0.322. The lowest BCUT2D eigenvalue weighted by Gasteiger charge is -2.34. The van der Waals surface area contributed by atoms with Crippen LogP contribution in [0.15, 0.2) is 85.1 Å². The number of halogens is 3. The molecule has 0 aliphatic carbocycles.